The normalized spacial score (nSPS) is 23.2. The molecular formula is C48H45N3O9. The van der Waals surface area contributed by atoms with Gasteiger partial charge in [-0.3, -0.25) is 0 Å². The lowest BCUT2D eigenvalue weighted by Gasteiger charge is -2.39. The maximum Gasteiger partial charge on any atom is 0.161 e. The van der Waals surface area contributed by atoms with Crippen LogP contribution in [0.15, 0.2) is 109 Å². The average Bonchev–Trinajstić information content (AvgIpc) is 3.27. The summed E-state index contributed by atoms with van der Waals surface area (Å²) in [5.74, 6) is 1.68. The zero-order valence-electron chi connectivity index (χ0n) is 32.5. The first-order chi connectivity index (χ1) is 29.2. The summed E-state index contributed by atoms with van der Waals surface area (Å²) < 4.78 is 17.1. The maximum absolute atomic E-state index is 9.79. The zero-order chi connectivity index (χ0) is 41.1. The molecule has 6 heterocycles. The first-order valence-electron chi connectivity index (χ1n) is 20.2. The van der Waals surface area contributed by atoms with E-state index in [0.29, 0.717) is 37.1 Å². The Morgan fingerprint density at radius 1 is 0.350 bits per heavy atom. The molecule has 60 heavy (non-hydrogen) atoms. The van der Waals surface area contributed by atoms with E-state index >= 15 is 0 Å². The van der Waals surface area contributed by atoms with Crippen LogP contribution in [0.4, 0.5) is 0 Å². The first-order valence-corrected chi connectivity index (χ1v) is 20.2. The second-order valence-corrected chi connectivity index (χ2v) is 16.1. The standard InChI is InChI=1S/3C16H15NO3/c3*18-13-5-11-15(6-14(13)19)20-8-12-16(11)10-4-2-1-3-9(10)7-17-12/h3*1-6,12,16-19H,7-8H2/t12-,16+;2*12-,16-/m110/s1. The Morgan fingerprint density at radius 3 is 0.917 bits per heavy atom. The first kappa shape index (κ1) is 37.7. The van der Waals surface area contributed by atoms with Gasteiger partial charge in [0.05, 0.1) is 18.1 Å². The summed E-state index contributed by atoms with van der Waals surface area (Å²) in [5.41, 5.74) is 10.4. The molecule has 0 bridgehead atoms. The predicted octanol–water partition coefficient (Wildman–Crippen LogP) is 6.28. The van der Waals surface area contributed by atoms with Crippen molar-refractivity contribution in [2.24, 2.45) is 0 Å². The highest BCUT2D eigenvalue weighted by atomic mass is 16.5. The van der Waals surface area contributed by atoms with E-state index in [2.05, 4.69) is 52.3 Å². The quantitative estimate of drug-likeness (QED) is 0.0784. The maximum atomic E-state index is 9.79. The van der Waals surface area contributed by atoms with E-state index in [4.69, 9.17) is 14.2 Å². The fourth-order valence-corrected chi connectivity index (χ4v) is 9.71. The van der Waals surface area contributed by atoms with Crippen LogP contribution in [0.3, 0.4) is 0 Å². The molecule has 306 valence electrons. The molecule has 12 nitrogen and oxygen atoms in total. The number of hydrogen-bond acceptors (Lipinski definition) is 12. The highest BCUT2D eigenvalue weighted by Crippen LogP contribution is 2.48. The number of benzene rings is 6. The molecule has 12 rings (SSSR count). The van der Waals surface area contributed by atoms with Crippen molar-refractivity contribution in [2.75, 3.05) is 19.8 Å². The molecule has 9 N–H and O–H groups in total. The SMILES string of the molecule is Oc1cc2c(cc1O)[C@@H]1c3ccccc3CN[C@@H]1CO2.Oc1cc2c(cc1O)[C@@H]1c3ccccc3CN[C@H]1CO2.Oc1cc2c(cc1O)[C@H]1c3ccccc3CN[C@@H]1CO2. The van der Waals surface area contributed by atoms with Crippen molar-refractivity contribution >= 4 is 0 Å². The van der Waals surface area contributed by atoms with E-state index in [-0.39, 0.29) is 70.4 Å². The topological polar surface area (TPSA) is 185 Å². The minimum absolute atomic E-state index is 0.101. The van der Waals surface area contributed by atoms with E-state index in [1.807, 2.05) is 36.4 Å². The number of phenolic OH excluding ortho intramolecular Hbond substituents is 6. The Bertz CT molecular complexity index is 2330. The number of ether oxygens (including phenoxy) is 3. The van der Waals surface area contributed by atoms with Gasteiger partial charge < -0.3 is 60.8 Å². The monoisotopic (exact) mass is 807 g/mol. The van der Waals surface area contributed by atoms with Crippen molar-refractivity contribution in [2.45, 2.75) is 55.5 Å². The van der Waals surface area contributed by atoms with Gasteiger partial charge in [0.1, 0.15) is 37.1 Å². The van der Waals surface area contributed by atoms with Crippen molar-refractivity contribution < 1.29 is 44.8 Å². The third-order valence-electron chi connectivity index (χ3n) is 12.6. The molecule has 0 saturated heterocycles. The van der Waals surface area contributed by atoms with Crippen LogP contribution in [0.5, 0.6) is 51.7 Å². The van der Waals surface area contributed by atoms with Crippen LogP contribution in [-0.4, -0.2) is 68.6 Å². The van der Waals surface area contributed by atoms with Crippen molar-refractivity contribution in [3.8, 4) is 51.7 Å². The van der Waals surface area contributed by atoms with Gasteiger partial charge >= 0.3 is 0 Å². The molecule has 0 spiro atoms. The van der Waals surface area contributed by atoms with Gasteiger partial charge in [0, 0.05) is 72.3 Å². The Labute approximate surface area is 346 Å². The molecule has 12 heteroatoms. The van der Waals surface area contributed by atoms with E-state index in [9.17, 15) is 30.6 Å². The van der Waals surface area contributed by atoms with Gasteiger partial charge in [-0.2, -0.15) is 0 Å². The van der Waals surface area contributed by atoms with Gasteiger partial charge in [0.15, 0.2) is 34.5 Å². The third kappa shape index (κ3) is 6.62. The van der Waals surface area contributed by atoms with Crippen molar-refractivity contribution in [1.29, 1.82) is 0 Å². The fourth-order valence-electron chi connectivity index (χ4n) is 9.71. The number of hydrogen-bond donors (Lipinski definition) is 9. The van der Waals surface area contributed by atoms with Gasteiger partial charge in [0.2, 0.25) is 0 Å². The van der Waals surface area contributed by atoms with Crippen LogP contribution >= 0.6 is 0 Å². The van der Waals surface area contributed by atoms with Crippen molar-refractivity contribution in [3.05, 3.63) is 159 Å². The summed E-state index contributed by atoms with van der Waals surface area (Å²) in [5, 5.41) is 68.7. The number of fused-ring (bicyclic) bond motifs is 15. The van der Waals surface area contributed by atoms with Crippen LogP contribution in [0.1, 0.15) is 67.8 Å². The molecule has 0 saturated carbocycles. The highest BCUT2D eigenvalue weighted by molar-refractivity contribution is 5.58. The van der Waals surface area contributed by atoms with E-state index in [0.717, 1.165) is 36.3 Å². The predicted molar refractivity (Wildman–Crippen MR) is 223 cm³/mol. The van der Waals surface area contributed by atoms with E-state index in [1.165, 1.54) is 51.6 Å². The molecule has 6 aromatic rings. The number of nitrogens with one attached hydrogen (secondary N) is 3. The van der Waals surface area contributed by atoms with Gasteiger partial charge in [-0.15, -0.1) is 0 Å². The molecule has 0 fully saturated rings. The van der Waals surface area contributed by atoms with Crippen molar-refractivity contribution in [3.63, 3.8) is 0 Å². The zero-order valence-corrected chi connectivity index (χ0v) is 32.5. The Hall–Kier alpha value is -6.60. The summed E-state index contributed by atoms with van der Waals surface area (Å²) >= 11 is 0. The lowest BCUT2D eigenvalue weighted by atomic mass is 9.78. The minimum Gasteiger partial charge on any atom is -0.504 e. The summed E-state index contributed by atoms with van der Waals surface area (Å²) in [4.78, 5) is 0. The van der Waals surface area contributed by atoms with Gasteiger partial charge in [0.25, 0.3) is 0 Å². The molecule has 6 aliphatic rings. The third-order valence-corrected chi connectivity index (χ3v) is 12.6. The van der Waals surface area contributed by atoms with Crippen LogP contribution in [-0.2, 0) is 19.6 Å². The summed E-state index contributed by atoms with van der Waals surface area (Å²) in [6.07, 6.45) is 0. The molecule has 0 radical (unpaired) electrons. The lowest BCUT2D eigenvalue weighted by molar-refractivity contribution is 0.214. The van der Waals surface area contributed by atoms with Crippen LogP contribution in [0.25, 0.3) is 0 Å². The Kier molecular flexibility index (Phi) is 9.55. The molecule has 6 aromatic carbocycles. The number of aromatic hydroxyl groups is 6. The largest absolute Gasteiger partial charge is 0.504 e. The summed E-state index contributed by atoms with van der Waals surface area (Å²) in [6.45, 7) is 4.20. The smallest absolute Gasteiger partial charge is 0.161 e. The number of rotatable bonds is 0. The van der Waals surface area contributed by atoms with Crippen LogP contribution in [0.2, 0.25) is 0 Å². The van der Waals surface area contributed by atoms with E-state index < -0.39 is 0 Å². The Morgan fingerprint density at radius 2 is 0.617 bits per heavy atom. The second kappa shape index (κ2) is 15.2. The second-order valence-electron chi connectivity index (χ2n) is 16.1. The Balaban J connectivity index is 0.000000108. The molecule has 0 amide bonds. The molecule has 0 aromatic heterocycles. The summed E-state index contributed by atoms with van der Waals surface area (Å²) in [6, 6.07) is 34.9. The highest BCUT2D eigenvalue weighted by Gasteiger charge is 2.39. The van der Waals surface area contributed by atoms with Gasteiger partial charge in [-0.05, 0) is 51.6 Å². The number of phenols is 6. The average molecular weight is 808 g/mol. The minimum atomic E-state index is -0.140. The van der Waals surface area contributed by atoms with E-state index in [1.54, 1.807) is 18.2 Å². The van der Waals surface area contributed by atoms with Crippen LogP contribution in [0, 0.1) is 0 Å². The molecular weight excluding hydrogens is 763 g/mol. The van der Waals surface area contributed by atoms with Crippen LogP contribution < -0.4 is 30.2 Å². The van der Waals surface area contributed by atoms with Gasteiger partial charge in [-0.25, -0.2) is 0 Å². The lowest BCUT2D eigenvalue weighted by Crippen LogP contribution is -2.46. The molecule has 0 unspecified atom stereocenters. The van der Waals surface area contributed by atoms with Gasteiger partial charge in [-0.1, -0.05) is 72.8 Å². The molecule has 0 aliphatic carbocycles. The van der Waals surface area contributed by atoms with Crippen molar-refractivity contribution in [1.82, 2.24) is 16.0 Å². The molecule has 6 atom stereocenters. The summed E-state index contributed by atoms with van der Waals surface area (Å²) in [7, 11) is 0. The molecule has 6 aliphatic heterocycles. The fraction of sp³-hybridized carbons (Fsp3) is 0.250.